The summed E-state index contributed by atoms with van der Waals surface area (Å²) in [6.45, 7) is 2.12. The van der Waals surface area contributed by atoms with Gasteiger partial charge < -0.3 is 15.0 Å². The Balaban J connectivity index is 1.72. The first kappa shape index (κ1) is 15.3. The van der Waals surface area contributed by atoms with Crippen LogP contribution in [0.3, 0.4) is 0 Å². The summed E-state index contributed by atoms with van der Waals surface area (Å²) in [7, 11) is 1.98. The fourth-order valence-corrected chi connectivity index (χ4v) is 2.79. The van der Waals surface area contributed by atoms with Gasteiger partial charge >= 0.3 is 0 Å². The number of hydrogen-bond donors (Lipinski definition) is 1. The third kappa shape index (κ3) is 4.21. The first-order chi connectivity index (χ1) is 9.70. The van der Waals surface area contributed by atoms with Crippen molar-refractivity contribution in [3.63, 3.8) is 0 Å². The van der Waals surface area contributed by atoms with Crippen molar-refractivity contribution >= 4 is 21.8 Å². The number of rotatable bonds is 5. The Bertz CT molecular complexity index is 445. The van der Waals surface area contributed by atoms with Gasteiger partial charge in [-0.1, -0.05) is 12.1 Å². The second kappa shape index (κ2) is 7.64. The Morgan fingerprint density at radius 3 is 2.75 bits per heavy atom. The molecule has 1 fully saturated rings. The van der Waals surface area contributed by atoms with E-state index >= 15 is 0 Å². The lowest BCUT2D eigenvalue weighted by Crippen LogP contribution is -2.44. The first-order valence-electron chi connectivity index (χ1n) is 7.03. The van der Waals surface area contributed by atoms with Crippen molar-refractivity contribution in [1.82, 2.24) is 10.2 Å². The molecule has 1 amide bonds. The molecule has 1 aromatic carbocycles. The summed E-state index contributed by atoms with van der Waals surface area (Å²) in [5.41, 5.74) is 0. The molecule has 0 spiro atoms. The summed E-state index contributed by atoms with van der Waals surface area (Å²) >= 11 is 3.43. The molecule has 0 aliphatic carbocycles. The zero-order valence-electron chi connectivity index (χ0n) is 11.8. The van der Waals surface area contributed by atoms with Gasteiger partial charge in [0.05, 0.1) is 17.5 Å². The number of carbonyl (C=O) groups is 1. The summed E-state index contributed by atoms with van der Waals surface area (Å²) in [5, 5.41) is 3.27. The Morgan fingerprint density at radius 2 is 2.10 bits per heavy atom. The minimum absolute atomic E-state index is 0.187. The predicted molar refractivity (Wildman–Crippen MR) is 82.9 cm³/mol. The van der Waals surface area contributed by atoms with Crippen LogP contribution in [0.1, 0.15) is 19.3 Å². The normalized spacial score (nSPS) is 16.2. The minimum atomic E-state index is 0.187. The number of halogens is 1. The molecule has 0 atom stereocenters. The van der Waals surface area contributed by atoms with Crippen LogP contribution >= 0.6 is 15.9 Å². The maximum atomic E-state index is 12.1. The lowest BCUT2D eigenvalue weighted by molar-refractivity contribution is -0.132. The van der Waals surface area contributed by atoms with Gasteiger partial charge in [0, 0.05) is 19.1 Å². The van der Waals surface area contributed by atoms with E-state index < -0.39 is 0 Å². The van der Waals surface area contributed by atoms with Crippen LogP contribution in [0.5, 0.6) is 5.75 Å². The predicted octanol–water partition coefficient (Wildman–Crippen LogP) is 2.43. The van der Waals surface area contributed by atoms with Gasteiger partial charge in [0.2, 0.25) is 5.91 Å². The third-order valence-corrected chi connectivity index (χ3v) is 4.32. The second-order valence-corrected chi connectivity index (χ2v) is 5.83. The summed E-state index contributed by atoms with van der Waals surface area (Å²) in [4.78, 5) is 14.0. The maximum absolute atomic E-state index is 12.1. The number of ether oxygens (including phenoxy) is 1. The number of nitrogens with zero attached hydrogens (tertiary/aromatic N) is 1. The molecule has 20 heavy (non-hydrogen) atoms. The molecule has 1 N–H and O–H groups in total. The average molecular weight is 341 g/mol. The summed E-state index contributed by atoms with van der Waals surface area (Å²) in [5.74, 6) is 0.973. The average Bonchev–Trinajstić information content (AvgIpc) is 2.49. The zero-order chi connectivity index (χ0) is 14.4. The SMILES string of the molecule is CNC1CCN(C(=O)CCOc2ccccc2Br)CC1. The Hall–Kier alpha value is -1.07. The Morgan fingerprint density at radius 1 is 1.40 bits per heavy atom. The van der Waals surface area contributed by atoms with Crippen molar-refractivity contribution in [2.24, 2.45) is 0 Å². The molecule has 0 radical (unpaired) electrons. The van der Waals surface area contributed by atoms with Crippen LogP contribution in [0.2, 0.25) is 0 Å². The van der Waals surface area contributed by atoms with Gasteiger partial charge in [0.25, 0.3) is 0 Å². The van der Waals surface area contributed by atoms with Crippen LogP contribution in [0, 0.1) is 0 Å². The smallest absolute Gasteiger partial charge is 0.225 e. The number of amides is 1. The fraction of sp³-hybridized carbons (Fsp3) is 0.533. The summed E-state index contributed by atoms with van der Waals surface area (Å²) in [6.07, 6.45) is 2.51. The van der Waals surface area contributed by atoms with E-state index in [0.717, 1.165) is 36.2 Å². The van der Waals surface area contributed by atoms with Gasteiger partial charge in [-0.05, 0) is 48.0 Å². The Labute approximate surface area is 128 Å². The lowest BCUT2D eigenvalue weighted by Gasteiger charge is -2.31. The number of nitrogens with one attached hydrogen (secondary N) is 1. The van der Waals surface area contributed by atoms with E-state index in [2.05, 4.69) is 21.2 Å². The van der Waals surface area contributed by atoms with Gasteiger partial charge in [0.15, 0.2) is 0 Å². The standard InChI is InChI=1S/C15H21BrN2O2/c1-17-12-6-9-18(10-7-12)15(19)8-11-20-14-5-3-2-4-13(14)16/h2-5,12,17H,6-11H2,1H3. The van der Waals surface area contributed by atoms with Crippen LogP contribution in [-0.2, 0) is 4.79 Å². The molecule has 110 valence electrons. The van der Waals surface area contributed by atoms with Crippen LogP contribution < -0.4 is 10.1 Å². The molecular weight excluding hydrogens is 320 g/mol. The van der Waals surface area contributed by atoms with Crippen molar-refractivity contribution in [3.8, 4) is 5.75 Å². The van der Waals surface area contributed by atoms with Gasteiger partial charge in [-0.2, -0.15) is 0 Å². The zero-order valence-corrected chi connectivity index (χ0v) is 13.4. The molecule has 2 rings (SSSR count). The third-order valence-electron chi connectivity index (χ3n) is 3.67. The van der Waals surface area contributed by atoms with Crippen molar-refractivity contribution in [1.29, 1.82) is 0 Å². The molecule has 1 aromatic rings. The minimum Gasteiger partial charge on any atom is -0.492 e. The Kier molecular flexibility index (Phi) is 5.86. The van der Waals surface area contributed by atoms with Crippen LogP contribution in [-0.4, -0.2) is 43.6 Å². The fourth-order valence-electron chi connectivity index (χ4n) is 2.39. The van der Waals surface area contributed by atoms with E-state index in [0.29, 0.717) is 19.1 Å². The highest BCUT2D eigenvalue weighted by molar-refractivity contribution is 9.10. The highest BCUT2D eigenvalue weighted by atomic mass is 79.9. The number of likely N-dealkylation sites (tertiary alicyclic amines) is 1. The quantitative estimate of drug-likeness (QED) is 0.894. The van der Waals surface area contributed by atoms with Crippen LogP contribution in [0.25, 0.3) is 0 Å². The van der Waals surface area contributed by atoms with E-state index in [9.17, 15) is 4.79 Å². The lowest BCUT2D eigenvalue weighted by atomic mass is 10.1. The monoisotopic (exact) mass is 340 g/mol. The van der Waals surface area contributed by atoms with E-state index in [-0.39, 0.29) is 5.91 Å². The molecule has 1 saturated heterocycles. The molecule has 0 unspecified atom stereocenters. The molecule has 1 aliphatic rings. The van der Waals surface area contributed by atoms with Crippen molar-refractivity contribution < 1.29 is 9.53 Å². The van der Waals surface area contributed by atoms with Gasteiger partial charge in [0.1, 0.15) is 5.75 Å². The topological polar surface area (TPSA) is 41.6 Å². The van der Waals surface area contributed by atoms with E-state index in [4.69, 9.17) is 4.74 Å². The maximum Gasteiger partial charge on any atom is 0.225 e. The van der Waals surface area contributed by atoms with Crippen LogP contribution in [0.4, 0.5) is 0 Å². The van der Waals surface area contributed by atoms with Gasteiger partial charge in [-0.15, -0.1) is 0 Å². The van der Waals surface area contributed by atoms with Crippen molar-refractivity contribution in [2.45, 2.75) is 25.3 Å². The molecule has 1 heterocycles. The summed E-state index contributed by atoms with van der Waals surface area (Å²) < 4.78 is 6.55. The second-order valence-electron chi connectivity index (χ2n) is 4.97. The number of benzene rings is 1. The number of carbonyl (C=O) groups excluding carboxylic acids is 1. The largest absolute Gasteiger partial charge is 0.492 e. The van der Waals surface area contributed by atoms with E-state index in [1.807, 2.05) is 36.2 Å². The molecular formula is C15H21BrN2O2. The number of piperidine rings is 1. The van der Waals surface area contributed by atoms with E-state index in [1.54, 1.807) is 0 Å². The molecule has 4 nitrogen and oxygen atoms in total. The first-order valence-corrected chi connectivity index (χ1v) is 7.82. The van der Waals surface area contributed by atoms with Crippen molar-refractivity contribution in [3.05, 3.63) is 28.7 Å². The van der Waals surface area contributed by atoms with Crippen molar-refractivity contribution in [2.75, 3.05) is 26.7 Å². The highest BCUT2D eigenvalue weighted by Gasteiger charge is 2.21. The molecule has 0 bridgehead atoms. The summed E-state index contributed by atoms with van der Waals surface area (Å²) in [6, 6.07) is 8.24. The molecule has 5 heteroatoms. The number of hydrogen-bond acceptors (Lipinski definition) is 3. The van der Waals surface area contributed by atoms with E-state index in [1.165, 1.54) is 0 Å². The molecule has 1 aliphatic heterocycles. The van der Waals surface area contributed by atoms with Crippen LogP contribution in [0.15, 0.2) is 28.7 Å². The van der Waals surface area contributed by atoms with Gasteiger partial charge in [-0.25, -0.2) is 0 Å². The number of para-hydroxylation sites is 1. The van der Waals surface area contributed by atoms with Gasteiger partial charge in [-0.3, -0.25) is 4.79 Å². The highest BCUT2D eigenvalue weighted by Crippen LogP contribution is 2.23. The molecule has 0 saturated carbocycles. The molecule has 0 aromatic heterocycles.